The van der Waals surface area contributed by atoms with Crippen molar-refractivity contribution in [1.29, 1.82) is 0 Å². The Morgan fingerprint density at radius 1 is 1.69 bits per heavy atom. The minimum atomic E-state index is 0.389. The summed E-state index contributed by atoms with van der Waals surface area (Å²) in [4.78, 5) is 4.13. The van der Waals surface area contributed by atoms with Gasteiger partial charge in [0.25, 0.3) is 0 Å². The molecule has 0 fully saturated rings. The lowest BCUT2D eigenvalue weighted by molar-refractivity contribution is 0.787. The Morgan fingerprint density at radius 2 is 2.54 bits per heavy atom. The van der Waals surface area contributed by atoms with E-state index < -0.39 is 0 Å². The Bertz CT molecular complexity index is 440. The molecule has 0 aliphatic heterocycles. The van der Waals surface area contributed by atoms with Gasteiger partial charge in [0.15, 0.2) is 4.77 Å². The van der Waals surface area contributed by atoms with E-state index in [1.165, 1.54) is 0 Å². The number of nitrogens with two attached hydrogens (primary N) is 1. The summed E-state index contributed by atoms with van der Waals surface area (Å²) in [5, 5.41) is 9.29. The van der Waals surface area contributed by atoms with Gasteiger partial charge in [-0.3, -0.25) is 4.57 Å². The number of aromatic nitrogens is 4. The monoisotopic (exact) mass is 213 g/mol. The SMILES string of the molecule is Nc1n[nH]c(=S)n1Cc1nccs1. The van der Waals surface area contributed by atoms with E-state index in [1.807, 2.05) is 5.38 Å². The molecule has 0 aliphatic rings. The first-order valence-corrected chi connectivity index (χ1v) is 4.85. The van der Waals surface area contributed by atoms with Gasteiger partial charge < -0.3 is 5.73 Å². The molecule has 0 radical (unpaired) electrons. The zero-order valence-electron chi connectivity index (χ0n) is 6.60. The van der Waals surface area contributed by atoms with Crippen molar-refractivity contribution in [1.82, 2.24) is 19.7 Å². The summed E-state index contributed by atoms with van der Waals surface area (Å²) in [6, 6.07) is 0. The highest BCUT2D eigenvalue weighted by Gasteiger charge is 2.03. The minimum Gasteiger partial charge on any atom is -0.368 e. The van der Waals surface area contributed by atoms with Crippen LogP contribution in [-0.4, -0.2) is 19.7 Å². The van der Waals surface area contributed by atoms with Crippen LogP contribution in [0.4, 0.5) is 5.95 Å². The molecule has 5 nitrogen and oxygen atoms in total. The second kappa shape index (κ2) is 3.27. The van der Waals surface area contributed by atoms with E-state index in [0.29, 0.717) is 17.3 Å². The number of nitrogens with zero attached hydrogens (tertiary/aromatic N) is 3. The molecule has 2 aromatic rings. The molecular weight excluding hydrogens is 206 g/mol. The average Bonchev–Trinajstić information content (AvgIpc) is 2.70. The Hall–Kier alpha value is -1.21. The van der Waals surface area contributed by atoms with Crippen LogP contribution in [0.1, 0.15) is 5.01 Å². The van der Waals surface area contributed by atoms with Crippen LogP contribution in [0, 0.1) is 4.77 Å². The standard InChI is InChI=1S/C6H7N5S2/c7-5-9-10-6(12)11(5)3-4-8-1-2-13-4/h1-2H,3H2,(H2,7,9)(H,10,12). The van der Waals surface area contributed by atoms with Crippen LogP contribution >= 0.6 is 23.6 Å². The Balaban J connectivity index is 2.33. The number of thiazole rings is 1. The van der Waals surface area contributed by atoms with Gasteiger partial charge in [0.1, 0.15) is 5.01 Å². The van der Waals surface area contributed by atoms with Crippen LogP contribution in [0.3, 0.4) is 0 Å². The molecule has 3 N–H and O–H groups in total. The fourth-order valence-corrected chi connectivity index (χ4v) is 1.76. The van der Waals surface area contributed by atoms with Crippen molar-refractivity contribution < 1.29 is 0 Å². The summed E-state index contributed by atoms with van der Waals surface area (Å²) in [5.74, 6) is 0.389. The predicted molar refractivity (Wildman–Crippen MR) is 53.0 cm³/mol. The van der Waals surface area contributed by atoms with E-state index in [1.54, 1.807) is 22.1 Å². The molecule has 0 unspecified atom stereocenters. The summed E-state index contributed by atoms with van der Waals surface area (Å²) in [6.45, 7) is 0.582. The molecule has 68 valence electrons. The smallest absolute Gasteiger partial charge is 0.220 e. The number of hydrogen-bond acceptors (Lipinski definition) is 5. The number of nitrogen functional groups attached to an aromatic ring is 1. The summed E-state index contributed by atoms with van der Waals surface area (Å²) in [7, 11) is 0. The average molecular weight is 213 g/mol. The van der Waals surface area contributed by atoms with E-state index in [9.17, 15) is 0 Å². The second-order valence-electron chi connectivity index (χ2n) is 2.40. The highest BCUT2D eigenvalue weighted by Crippen LogP contribution is 2.08. The molecule has 0 amide bonds. The third-order valence-electron chi connectivity index (χ3n) is 1.56. The lowest BCUT2D eigenvalue weighted by Gasteiger charge is -1.98. The molecule has 0 saturated heterocycles. The van der Waals surface area contributed by atoms with E-state index in [-0.39, 0.29) is 0 Å². The van der Waals surface area contributed by atoms with E-state index >= 15 is 0 Å². The van der Waals surface area contributed by atoms with Crippen LogP contribution in [0.25, 0.3) is 0 Å². The van der Waals surface area contributed by atoms with Crippen LogP contribution < -0.4 is 5.73 Å². The number of rotatable bonds is 2. The highest BCUT2D eigenvalue weighted by atomic mass is 32.1. The van der Waals surface area contributed by atoms with E-state index in [4.69, 9.17) is 18.0 Å². The van der Waals surface area contributed by atoms with Crippen LogP contribution in [-0.2, 0) is 6.54 Å². The number of hydrogen-bond donors (Lipinski definition) is 2. The molecule has 0 atom stereocenters. The van der Waals surface area contributed by atoms with Gasteiger partial charge in [-0.25, -0.2) is 10.1 Å². The van der Waals surface area contributed by atoms with Crippen molar-refractivity contribution in [2.75, 3.05) is 5.73 Å². The lowest BCUT2D eigenvalue weighted by Crippen LogP contribution is -2.04. The topological polar surface area (TPSA) is 72.5 Å². The van der Waals surface area contributed by atoms with Crippen LogP contribution in [0.5, 0.6) is 0 Å². The van der Waals surface area contributed by atoms with Crippen molar-refractivity contribution in [2.24, 2.45) is 0 Å². The molecule has 2 rings (SSSR count). The van der Waals surface area contributed by atoms with Gasteiger partial charge >= 0.3 is 0 Å². The van der Waals surface area contributed by atoms with Crippen molar-refractivity contribution in [3.05, 3.63) is 21.4 Å². The van der Waals surface area contributed by atoms with Gasteiger partial charge in [0, 0.05) is 11.6 Å². The molecule has 2 aromatic heterocycles. The Labute approximate surface area is 83.2 Å². The van der Waals surface area contributed by atoms with E-state index in [0.717, 1.165) is 5.01 Å². The Kier molecular flexibility index (Phi) is 2.11. The van der Waals surface area contributed by atoms with Crippen LogP contribution in [0.2, 0.25) is 0 Å². The number of H-pyrrole nitrogens is 1. The number of nitrogens with one attached hydrogen (secondary N) is 1. The second-order valence-corrected chi connectivity index (χ2v) is 3.76. The molecule has 0 spiro atoms. The third-order valence-corrected chi connectivity index (χ3v) is 2.64. The van der Waals surface area contributed by atoms with Gasteiger partial charge in [-0.1, -0.05) is 0 Å². The van der Waals surface area contributed by atoms with Crippen molar-refractivity contribution >= 4 is 29.5 Å². The van der Waals surface area contributed by atoms with Gasteiger partial charge in [-0.15, -0.1) is 16.4 Å². The molecule has 0 saturated carbocycles. The van der Waals surface area contributed by atoms with E-state index in [2.05, 4.69) is 15.2 Å². The first kappa shape index (κ1) is 8.39. The normalized spacial score (nSPS) is 10.5. The van der Waals surface area contributed by atoms with Crippen molar-refractivity contribution in [3.8, 4) is 0 Å². The lowest BCUT2D eigenvalue weighted by atomic mass is 10.6. The van der Waals surface area contributed by atoms with Gasteiger partial charge in [-0.2, -0.15) is 0 Å². The molecule has 13 heavy (non-hydrogen) atoms. The maximum Gasteiger partial charge on any atom is 0.220 e. The van der Waals surface area contributed by atoms with Gasteiger partial charge in [0.2, 0.25) is 5.95 Å². The third kappa shape index (κ3) is 1.61. The quantitative estimate of drug-likeness (QED) is 0.731. The first-order valence-electron chi connectivity index (χ1n) is 3.56. The fourth-order valence-electron chi connectivity index (χ4n) is 0.949. The Morgan fingerprint density at radius 3 is 3.08 bits per heavy atom. The van der Waals surface area contributed by atoms with Gasteiger partial charge in [-0.05, 0) is 12.2 Å². The zero-order valence-corrected chi connectivity index (χ0v) is 8.23. The molecule has 0 aromatic carbocycles. The zero-order chi connectivity index (χ0) is 9.26. The largest absolute Gasteiger partial charge is 0.368 e. The summed E-state index contributed by atoms with van der Waals surface area (Å²) >= 11 is 6.55. The molecular formula is C6H7N5S2. The maximum absolute atomic E-state index is 5.59. The maximum atomic E-state index is 5.59. The predicted octanol–water partition coefficient (Wildman–Crippen LogP) is 1.03. The number of aromatic amines is 1. The fraction of sp³-hybridized carbons (Fsp3) is 0.167. The van der Waals surface area contributed by atoms with Crippen molar-refractivity contribution in [3.63, 3.8) is 0 Å². The van der Waals surface area contributed by atoms with Gasteiger partial charge in [0.05, 0.1) is 6.54 Å². The molecule has 0 bridgehead atoms. The first-order chi connectivity index (χ1) is 6.27. The van der Waals surface area contributed by atoms with Crippen molar-refractivity contribution in [2.45, 2.75) is 6.54 Å². The minimum absolute atomic E-state index is 0.389. The molecule has 7 heteroatoms. The summed E-state index contributed by atoms with van der Waals surface area (Å²) in [6.07, 6.45) is 1.75. The summed E-state index contributed by atoms with van der Waals surface area (Å²) < 4.78 is 2.22. The molecule has 0 aliphatic carbocycles. The summed E-state index contributed by atoms with van der Waals surface area (Å²) in [5.41, 5.74) is 5.59. The highest BCUT2D eigenvalue weighted by molar-refractivity contribution is 7.71. The number of anilines is 1. The van der Waals surface area contributed by atoms with Crippen LogP contribution in [0.15, 0.2) is 11.6 Å². The molecule has 2 heterocycles.